The van der Waals surface area contributed by atoms with Crippen LogP contribution in [0.15, 0.2) is 82.4 Å². The first-order valence-electron chi connectivity index (χ1n) is 10.5. The molecule has 0 aliphatic carbocycles. The van der Waals surface area contributed by atoms with Crippen molar-refractivity contribution in [2.75, 3.05) is 5.32 Å². The molecule has 0 bridgehead atoms. The number of aryl methyl sites for hydroxylation is 1. The molecule has 32 heavy (non-hydrogen) atoms. The Kier molecular flexibility index (Phi) is 5.41. The Morgan fingerprint density at radius 2 is 1.75 bits per heavy atom. The Balaban J connectivity index is 1.33. The van der Waals surface area contributed by atoms with Crippen LogP contribution in [-0.2, 0) is 11.3 Å². The number of nitrogens with one attached hydrogen (secondary N) is 1. The number of carbonyl (C=O) groups is 1. The van der Waals surface area contributed by atoms with Gasteiger partial charge in [-0.25, -0.2) is 0 Å². The van der Waals surface area contributed by atoms with Crippen molar-refractivity contribution in [2.45, 2.75) is 30.9 Å². The number of thioether (sulfide) groups is 1. The van der Waals surface area contributed by atoms with Crippen LogP contribution < -0.4 is 5.32 Å². The molecule has 1 amide bonds. The van der Waals surface area contributed by atoms with E-state index >= 15 is 0 Å². The van der Waals surface area contributed by atoms with Crippen LogP contribution in [0.2, 0.25) is 0 Å². The summed E-state index contributed by atoms with van der Waals surface area (Å²) in [6.45, 7) is 4.85. The second kappa shape index (κ2) is 8.51. The van der Waals surface area contributed by atoms with Crippen LogP contribution in [-0.4, -0.2) is 25.9 Å². The normalized spacial score (nSPS) is 12.3. The van der Waals surface area contributed by atoms with Gasteiger partial charge in [-0.15, -0.1) is 10.2 Å². The minimum Gasteiger partial charge on any atom is -0.411 e. The maximum Gasteiger partial charge on any atom is 0.277 e. The molecule has 0 saturated carbocycles. The number of amides is 1. The summed E-state index contributed by atoms with van der Waals surface area (Å²) < 4.78 is 8.01. The minimum atomic E-state index is -0.397. The highest BCUT2D eigenvalue weighted by molar-refractivity contribution is 8.00. The lowest BCUT2D eigenvalue weighted by Crippen LogP contribution is -2.22. The summed E-state index contributed by atoms with van der Waals surface area (Å²) in [5.41, 5.74) is 3.98. The van der Waals surface area contributed by atoms with E-state index in [1.165, 1.54) is 22.7 Å². The van der Waals surface area contributed by atoms with Gasteiger partial charge < -0.3 is 14.3 Å². The highest BCUT2D eigenvalue weighted by Crippen LogP contribution is 2.32. The van der Waals surface area contributed by atoms with Gasteiger partial charge in [0.15, 0.2) is 0 Å². The predicted molar refractivity (Wildman–Crippen MR) is 129 cm³/mol. The molecule has 7 heteroatoms. The first-order chi connectivity index (χ1) is 15.6. The van der Waals surface area contributed by atoms with E-state index in [9.17, 15) is 4.79 Å². The van der Waals surface area contributed by atoms with Crippen LogP contribution >= 0.6 is 11.8 Å². The fraction of sp³-hybridized carbons (Fsp3) is 0.160. The maximum atomic E-state index is 12.8. The quantitative estimate of drug-likeness (QED) is 0.327. The summed E-state index contributed by atoms with van der Waals surface area (Å²) in [7, 11) is 0. The van der Waals surface area contributed by atoms with Gasteiger partial charge in [0.1, 0.15) is 0 Å². The van der Waals surface area contributed by atoms with E-state index in [-0.39, 0.29) is 5.91 Å². The molecule has 5 rings (SSSR count). The smallest absolute Gasteiger partial charge is 0.277 e. The fourth-order valence-corrected chi connectivity index (χ4v) is 4.56. The molecule has 5 aromatic rings. The van der Waals surface area contributed by atoms with E-state index in [4.69, 9.17) is 4.42 Å². The molecule has 6 nitrogen and oxygen atoms in total. The first kappa shape index (κ1) is 20.3. The standard InChI is InChI=1S/C25H22N4O2S/c1-3-29-21-12-8-7-11-19(21)20-15-18(13-14-22(20)29)26-23(30)16(2)32-25-28-27-24(31-25)17-9-5-4-6-10-17/h4-16H,3H2,1-2H3,(H,26,30). The van der Waals surface area contributed by atoms with Gasteiger partial charge in [-0.2, -0.15) is 0 Å². The number of fused-ring (bicyclic) bond motifs is 3. The Bertz CT molecular complexity index is 1410. The lowest BCUT2D eigenvalue weighted by atomic mass is 10.1. The van der Waals surface area contributed by atoms with Crippen molar-refractivity contribution in [1.82, 2.24) is 14.8 Å². The molecule has 160 valence electrons. The van der Waals surface area contributed by atoms with Crippen molar-refractivity contribution in [3.8, 4) is 11.5 Å². The lowest BCUT2D eigenvalue weighted by molar-refractivity contribution is -0.115. The molecule has 0 fully saturated rings. The second-order valence-corrected chi connectivity index (χ2v) is 8.77. The monoisotopic (exact) mass is 442 g/mol. The summed E-state index contributed by atoms with van der Waals surface area (Å²) in [4.78, 5) is 12.8. The summed E-state index contributed by atoms with van der Waals surface area (Å²) in [5.74, 6) is 0.325. The van der Waals surface area contributed by atoms with E-state index in [1.807, 2.05) is 55.5 Å². The van der Waals surface area contributed by atoms with Gasteiger partial charge in [0.2, 0.25) is 11.8 Å². The van der Waals surface area contributed by atoms with E-state index in [2.05, 4.69) is 51.3 Å². The molecule has 0 saturated heterocycles. The van der Waals surface area contributed by atoms with Crippen LogP contribution in [0.1, 0.15) is 13.8 Å². The van der Waals surface area contributed by atoms with Crippen molar-refractivity contribution in [1.29, 1.82) is 0 Å². The number of hydrogen-bond acceptors (Lipinski definition) is 5. The van der Waals surface area contributed by atoms with Crippen molar-refractivity contribution in [3.63, 3.8) is 0 Å². The first-order valence-corrected chi connectivity index (χ1v) is 11.4. The van der Waals surface area contributed by atoms with Crippen LogP contribution in [0.3, 0.4) is 0 Å². The van der Waals surface area contributed by atoms with Crippen molar-refractivity contribution < 1.29 is 9.21 Å². The van der Waals surface area contributed by atoms with Crippen LogP contribution in [0.25, 0.3) is 33.3 Å². The Hall–Kier alpha value is -3.58. The second-order valence-electron chi connectivity index (χ2n) is 7.48. The molecule has 1 unspecified atom stereocenters. The van der Waals surface area contributed by atoms with E-state index in [1.54, 1.807) is 0 Å². The van der Waals surface area contributed by atoms with E-state index in [0.29, 0.717) is 11.1 Å². The molecular formula is C25H22N4O2S. The highest BCUT2D eigenvalue weighted by Gasteiger charge is 2.19. The summed E-state index contributed by atoms with van der Waals surface area (Å²) in [6, 6.07) is 24.0. The fourth-order valence-electron chi connectivity index (χ4n) is 3.88. The number of anilines is 1. The zero-order valence-corrected chi connectivity index (χ0v) is 18.6. The maximum absolute atomic E-state index is 12.8. The summed E-state index contributed by atoms with van der Waals surface area (Å²) in [6.07, 6.45) is 0. The van der Waals surface area contributed by atoms with Gasteiger partial charge in [0, 0.05) is 39.6 Å². The van der Waals surface area contributed by atoms with E-state index in [0.717, 1.165) is 28.7 Å². The van der Waals surface area contributed by atoms with Crippen molar-refractivity contribution in [2.24, 2.45) is 0 Å². The van der Waals surface area contributed by atoms with E-state index < -0.39 is 5.25 Å². The average molecular weight is 443 g/mol. The molecule has 0 radical (unpaired) electrons. The zero-order valence-electron chi connectivity index (χ0n) is 17.8. The Morgan fingerprint density at radius 1 is 1.00 bits per heavy atom. The van der Waals surface area contributed by atoms with Gasteiger partial charge in [0.25, 0.3) is 5.22 Å². The Morgan fingerprint density at radius 3 is 2.56 bits per heavy atom. The average Bonchev–Trinajstić information content (AvgIpc) is 3.42. The predicted octanol–water partition coefficient (Wildman–Crippen LogP) is 5.98. The largest absolute Gasteiger partial charge is 0.411 e. The number of rotatable bonds is 6. The third-order valence-corrected chi connectivity index (χ3v) is 6.36. The lowest BCUT2D eigenvalue weighted by Gasteiger charge is -2.10. The van der Waals surface area contributed by atoms with Gasteiger partial charge in [-0.1, -0.05) is 48.2 Å². The number of para-hydroxylation sites is 1. The molecule has 0 aliphatic heterocycles. The van der Waals surface area contributed by atoms with Gasteiger partial charge in [0.05, 0.1) is 5.25 Å². The van der Waals surface area contributed by atoms with Crippen LogP contribution in [0, 0.1) is 0 Å². The van der Waals surface area contributed by atoms with Crippen LogP contribution in [0.5, 0.6) is 0 Å². The molecule has 2 aromatic heterocycles. The zero-order chi connectivity index (χ0) is 22.1. The highest BCUT2D eigenvalue weighted by atomic mass is 32.2. The summed E-state index contributed by atoms with van der Waals surface area (Å²) in [5, 5.41) is 13.5. The molecular weight excluding hydrogens is 420 g/mol. The third kappa shape index (κ3) is 3.76. The Labute approximate surface area is 189 Å². The number of aromatic nitrogens is 3. The molecule has 1 N–H and O–H groups in total. The molecule has 1 atom stereocenters. The third-order valence-electron chi connectivity index (χ3n) is 5.43. The van der Waals surface area contributed by atoms with Gasteiger partial charge >= 0.3 is 0 Å². The SMILES string of the molecule is CCn1c2ccccc2c2cc(NC(=O)C(C)Sc3nnc(-c4ccccc4)o3)ccc21. The molecule has 2 heterocycles. The number of benzene rings is 3. The number of carbonyl (C=O) groups excluding carboxylic acids is 1. The van der Waals surface area contributed by atoms with Gasteiger partial charge in [-0.3, -0.25) is 4.79 Å². The van der Waals surface area contributed by atoms with Gasteiger partial charge in [-0.05, 0) is 50.2 Å². The van der Waals surface area contributed by atoms with Crippen molar-refractivity contribution >= 4 is 45.2 Å². The number of nitrogens with zero attached hydrogens (tertiary/aromatic N) is 3. The summed E-state index contributed by atoms with van der Waals surface area (Å²) >= 11 is 1.24. The van der Waals surface area contributed by atoms with Crippen molar-refractivity contribution in [3.05, 3.63) is 72.8 Å². The topological polar surface area (TPSA) is 73.0 Å². The number of hydrogen-bond donors (Lipinski definition) is 1. The molecule has 3 aromatic carbocycles. The molecule has 0 aliphatic rings. The molecule has 0 spiro atoms. The van der Waals surface area contributed by atoms with Crippen LogP contribution in [0.4, 0.5) is 5.69 Å². The minimum absolute atomic E-state index is 0.118.